The van der Waals surface area contributed by atoms with Gasteiger partial charge < -0.3 is 9.64 Å². The van der Waals surface area contributed by atoms with Gasteiger partial charge >= 0.3 is 6.09 Å². The predicted octanol–water partition coefficient (Wildman–Crippen LogP) is 4.54. The Labute approximate surface area is 121 Å². The topological polar surface area (TPSA) is 29.5 Å². The number of amides is 1. The minimum absolute atomic E-state index is 0.147. The number of carbonyl (C=O) groups excluding carboxylic acids is 1. The zero-order chi connectivity index (χ0) is 14.6. The van der Waals surface area contributed by atoms with Crippen LogP contribution in [0.25, 0.3) is 0 Å². The highest BCUT2D eigenvalue weighted by Crippen LogP contribution is 2.31. The molecule has 1 aliphatic rings. The van der Waals surface area contributed by atoms with Gasteiger partial charge in [0, 0.05) is 6.54 Å². The fourth-order valence-electron chi connectivity index (χ4n) is 2.67. The van der Waals surface area contributed by atoms with Crippen molar-refractivity contribution >= 4 is 6.09 Å². The van der Waals surface area contributed by atoms with Crippen molar-refractivity contribution < 1.29 is 9.53 Å². The molecule has 0 aromatic heterocycles. The summed E-state index contributed by atoms with van der Waals surface area (Å²) in [5, 5.41) is 0. The van der Waals surface area contributed by atoms with Crippen LogP contribution in [0.3, 0.4) is 0 Å². The zero-order valence-electron chi connectivity index (χ0n) is 12.8. The third-order valence-corrected chi connectivity index (χ3v) is 3.57. The fourth-order valence-corrected chi connectivity index (χ4v) is 2.67. The highest BCUT2D eigenvalue weighted by atomic mass is 16.6. The number of hydrogen-bond donors (Lipinski definition) is 0. The van der Waals surface area contributed by atoms with Gasteiger partial charge in [-0.05, 0) is 39.2 Å². The number of benzene rings is 1. The number of carbonyl (C=O) groups is 1. The van der Waals surface area contributed by atoms with Gasteiger partial charge in [-0.3, -0.25) is 0 Å². The Bertz CT molecular complexity index is 436. The van der Waals surface area contributed by atoms with E-state index in [0.29, 0.717) is 0 Å². The van der Waals surface area contributed by atoms with Gasteiger partial charge in [0.15, 0.2) is 0 Å². The molecule has 2 rings (SSSR count). The summed E-state index contributed by atoms with van der Waals surface area (Å²) in [4.78, 5) is 14.4. The van der Waals surface area contributed by atoms with E-state index in [0.717, 1.165) is 19.4 Å². The molecule has 1 aliphatic heterocycles. The number of likely N-dealkylation sites (tertiary alicyclic amines) is 1. The molecule has 1 atom stereocenters. The highest BCUT2D eigenvalue weighted by molar-refractivity contribution is 5.69. The molecule has 3 nitrogen and oxygen atoms in total. The second kappa shape index (κ2) is 6.29. The number of nitrogens with zero attached hydrogens (tertiary/aromatic N) is 1. The number of rotatable bonds is 1. The Hall–Kier alpha value is -1.51. The van der Waals surface area contributed by atoms with Crippen molar-refractivity contribution in [3.8, 4) is 0 Å². The molecular weight excluding hydrogens is 250 g/mol. The molecule has 0 unspecified atom stereocenters. The maximum absolute atomic E-state index is 12.5. The SMILES string of the molecule is CC(C)(C)OC(=O)N1CCCCC[C@H]1c1ccccc1. The lowest BCUT2D eigenvalue weighted by Crippen LogP contribution is -2.39. The first-order chi connectivity index (χ1) is 9.47. The van der Waals surface area contributed by atoms with Crippen molar-refractivity contribution in [3.05, 3.63) is 35.9 Å². The summed E-state index contributed by atoms with van der Waals surface area (Å²) < 4.78 is 5.57. The van der Waals surface area contributed by atoms with E-state index in [2.05, 4.69) is 12.1 Å². The Morgan fingerprint density at radius 1 is 1.15 bits per heavy atom. The average molecular weight is 275 g/mol. The van der Waals surface area contributed by atoms with E-state index in [1.165, 1.54) is 18.4 Å². The first-order valence-corrected chi connectivity index (χ1v) is 7.52. The van der Waals surface area contributed by atoms with Crippen LogP contribution in [0.4, 0.5) is 4.79 Å². The van der Waals surface area contributed by atoms with Crippen LogP contribution < -0.4 is 0 Å². The van der Waals surface area contributed by atoms with Crippen LogP contribution >= 0.6 is 0 Å². The molecule has 0 saturated carbocycles. The van der Waals surface area contributed by atoms with Gasteiger partial charge in [-0.15, -0.1) is 0 Å². The van der Waals surface area contributed by atoms with E-state index in [9.17, 15) is 4.79 Å². The summed E-state index contributed by atoms with van der Waals surface area (Å²) in [6.45, 7) is 6.54. The molecule has 1 aromatic carbocycles. The first kappa shape index (κ1) is 14.9. The Morgan fingerprint density at radius 3 is 2.50 bits per heavy atom. The van der Waals surface area contributed by atoms with Crippen LogP contribution in [0.15, 0.2) is 30.3 Å². The second-order valence-electron chi connectivity index (χ2n) is 6.45. The van der Waals surface area contributed by atoms with Gasteiger partial charge in [0.2, 0.25) is 0 Å². The summed E-state index contributed by atoms with van der Waals surface area (Å²) in [5.41, 5.74) is 0.769. The van der Waals surface area contributed by atoms with Crippen LogP contribution in [0.2, 0.25) is 0 Å². The van der Waals surface area contributed by atoms with Crippen molar-refractivity contribution in [2.45, 2.75) is 58.1 Å². The lowest BCUT2D eigenvalue weighted by atomic mass is 10.0. The molecule has 3 heteroatoms. The number of ether oxygens (including phenoxy) is 1. The van der Waals surface area contributed by atoms with Gasteiger partial charge in [0.1, 0.15) is 5.60 Å². The second-order valence-corrected chi connectivity index (χ2v) is 6.45. The molecule has 1 amide bonds. The summed E-state index contributed by atoms with van der Waals surface area (Å²) in [5.74, 6) is 0. The monoisotopic (exact) mass is 275 g/mol. The Kier molecular flexibility index (Phi) is 4.69. The van der Waals surface area contributed by atoms with Crippen LogP contribution in [0.1, 0.15) is 58.1 Å². The maximum Gasteiger partial charge on any atom is 0.410 e. The largest absolute Gasteiger partial charge is 0.444 e. The maximum atomic E-state index is 12.5. The van der Waals surface area contributed by atoms with E-state index in [-0.39, 0.29) is 12.1 Å². The van der Waals surface area contributed by atoms with Gasteiger partial charge in [0.25, 0.3) is 0 Å². The minimum atomic E-state index is -0.440. The molecule has 1 fully saturated rings. The Balaban J connectivity index is 2.19. The fraction of sp³-hybridized carbons (Fsp3) is 0.588. The normalized spacial score (nSPS) is 20.4. The lowest BCUT2D eigenvalue weighted by molar-refractivity contribution is 0.0163. The predicted molar refractivity (Wildman–Crippen MR) is 80.6 cm³/mol. The van der Waals surface area contributed by atoms with E-state index < -0.39 is 5.60 Å². The quantitative estimate of drug-likeness (QED) is 0.753. The molecule has 0 radical (unpaired) electrons. The van der Waals surface area contributed by atoms with Gasteiger partial charge in [-0.1, -0.05) is 43.2 Å². The van der Waals surface area contributed by atoms with Crippen molar-refractivity contribution in [2.75, 3.05) is 6.54 Å². The molecule has 0 bridgehead atoms. The molecular formula is C17H25NO2. The van der Waals surface area contributed by atoms with E-state index >= 15 is 0 Å². The molecule has 1 aromatic rings. The third-order valence-electron chi connectivity index (χ3n) is 3.57. The van der Waals surface area contributed by atoms with Gasteiger partial charge in [0.05, 0.1) is 6.04 Å². The lowest BCUT2D eigenvalue weighted by Gasteiger charge is -2.32. The Morgan fingerprint density at radius 2 is 1.85 bits per heavy atom. The standard InChI is InChI=1S/C17H25NO2/c1-17(2,3)20-16(19)18-13-9-5-8-12-15(18)14-10-6-4-7-11-14/h4,6-7,10-11,15H,5,8-9,12-13H2,1-3H3/t15-/m0/s1. The van der Waals surface area contributed by atoms with Crippen molar-refractivity contribution in [2.24, 2.45) is 0 Å². The van der Waals surface area contributed by atoms with Crippen LogP contribution in [-0.2, 0) is 4.74 Å². The molecule has 0 N–H and O–H groups in total. The van der Waals surface area contributed by atoms with E-state index in [4.69, 9.17) is 4.74 Å². The molecule has 0 spiro atoms. The summed E-state index contributed by atoms with van der Waals surface area (Å²) in [6, 6.07) is 10.4. The smallest absolute Gasteiger partial charge is 0.410 e. The summed E-state index contributed by atoms with van der Waals surface area (Å²) in [7, 11) is 0. The van der Waals surface area contributed by atoms with E-state index in [1.807, 2.05) is 43.9 Å². The molecule has 110 valence electrons. The van der Waals surface area contributed by atoms with Crippen molar-refractivity contribution in [1.82, 2.24) is 4.90 Å². The first-order valence-electron chi connectivity index (χ1n) is 7.52. The minimum Gasteiger partial charge on any atom is -0.444 e. The van der Waals surface area contributed by atoms with Crippen LogP contribution in [0.5, 0.6) is 0 Å². The summed E-state index contributed by atoms with van der Waals surface area (Å²) >= 11 is 0. The van der Waals surface area contributed by atoms with Crippen molar-refractivity contribution in [1.29, 1.82) is 0 Å². The molecule has 1 saturated heterocycles. The highest BCUT2D eigenvalue weighted by Gasteiger charge is 2.30. The van der Waals surface area contributed by atoms with Gasteiger partial charge in [-0.2, -0.15) is 0 Å². The molecule has 0 aliphatic carbocycles. The third kappa shape index (κ3) is 3.99. The summed E-state index contributed by atoms with van der Waals surface area (Å²) in [6.07, 6.45) is 4.24. The van der Waals surface area contributed by atoms with E-state index in [1.54, 1.807) is 0 Å². The van der Waals surface area contributed by atoms with Crippen LogP contribution in [-0.4, -0.2) is 23.1 Å². The van der Waals surface area contributed by atoms with Gasteiger partial charge in [-0.25, -0.2) is 4.79 Å². The zero-order valence-corrected chi connectivity index (χ0v) is 12.8. The number of hydrogen-bond acceptors (Lipinski definition) is 2. The van der Waals surface area contributed by atoms with Crippen LogP contribution in [0, 0.1) is 0 Å². The van der Waals surface area contributed by atoms with Crippen molar-refractivity contribution in [3.63, 3.8) is 0 Å². The molecule has 20 heavy (non-hydrogen) atoms. The average Bonchev–Trinajstić information content (AvgIpc) is 2.63. The molecule has 1 heterocycles.